The number of hydrogen-bond acceptors (Lipinski definition) is 4. The molecule has 5 amide bonds. The molecule has 0 aromatic heterocycles. The lowest BCUT2D eigenvalue weighted by molar-refractivity contribution is -0.130. The molecule has 2 aromatic carbocycles. The molecule has 0 bridgehead atoms. The Labute approximate surface area is 178 Å². The number of urea groups is 1. The lowest BCUT2D eigenvalue weighted by Crippen LogP contribution is -2.39. The molecule has 2 saturated heterocycles. The number of nitrogens with zero attached hydrogens (tertiary/aromatic N) is 3. The van der Waals surface area contributed by atoms with Crippen LogP contribution in [0.3, 0.4) is 0 Å². The Kier molecular flexibility index (Phi) is 5.41. The van der Waals surface area contributed by atoms with Crippen molar-refractivity contribution in [1.82, 2.24) is 4.90 Å². The largest absolute Gasteiger partial charge is 0.332 e. The summed E-state index contributed by atoms with van der Waals surface area (Å²) < 4.78 is 13.2. The molecule has 2 heterocycles. The molecule has 2 aromatic rings. The average Bonchev–Trinajstić information content (AvgIpc) is 3.26. The predicted molar refractivity (Wildman–Crippen MR) is 112 cm³/mol. The zero-order chi connectivity index (χ0) is 22.1. The molecule has 2 aliphatic rings. The monoisotopic (exact) mass is 424 g/mol. The number of nitrogens with one attached hydrogen (secondary N) is 1. The van der Waals surface area contributed by atoms with Gasteiger partial charge in [-0.05, 0) is 61.9 Å². The van der Waals surface area contributed by atoms with Crippen molar-refractivity contribution in [3.63, 3.8) is 0 Å². The van der Waals surface area contributed by atoms with E-state index in [2.05, 4.69) is 5.32 Å². The molecule has 0 aliphatic carbocycles. The summed E-state index contributed by atoms with van der Waals surface area (Å²) in [7, 11) is 0. The molecule has 1 N–H and O–H groups in total. The van der Waals surface area contributed by atoms with Crippen LogP contribution in [-0.2, 0) is 14.4 Å². The van der Waals surface area contributed by atoms with Gasteiger partial charge >= 0.3 is 6.03 Å². The zero-order valence-corrected chi connectivity index (χ0v) is 16.9. The molecular formula is C22H21FN4O4. The Bertz CT molecular complexity index is 1040. The van der Waals surface area contributed by atoms with E-state index in [1.54, 1.807) is 36.1 Å². The quantitative estimate of drug-likeness (QED) is 0.748. The van der Waals surface area contributed by atoms with Crippen LogP contribution >= 0.6 is 0 Å². The fraction of sp³-hybridized carbons (Fsp3) is 0.273. The summed E-state index contributed by atoms with van der Waals surface area (Å²) >= 11 is 0. The fourth-order valence-corrected chi connectivity index (χ4v) is 3.80. The Balaban J connectivity index is 1.41. The maximum atomic E-state index is 13.2. The Hall–Kier alpha value is -3.75. The van der Waals surface area contributed by atoms with E-state index in [1.165, 1.54) is 29.2 Å². The highest BCUT2D eigenvalue weighted by molar-refractivity contribution is 6.16. The van der Waals surface area contributed by atoms with E-state index in [9.17, 15) is 23.6 Å². The highest BCUT2D eigenvalue weighted by Gasteiger charge is 2.44. The van der Waals surface area contributed by atoms with Crippen LogP contribution in [0.5, 0.6) is 0 Å². The van der Waals surface area contributed by atoms with Crippen molar-refractivity contribution in [2.75, 3.05) is 28.2 Å². The summed E-state index contributed by atoms with van der Waals surface area (Å²) in [5, 5.41) is 2.66. The number of hydrogen-bond donors (Lipinski definition) is 1. The lowest BCUT2D eigenvalue weighted by Gasteiger charge is -2.19. The molecule has 8 nitrogen and oxygen atoms in total. The van der Waals surface area contributed by atoms with Crippen LogP contribution in [-0.4, -0.2) is 47.8 Å². The van der Waals surface area contributed by atoms with Gasteiger partial charge in [0.15, 0.2) is 0 Å². The Morgan fingerprint density at radius 1 is 1.03 bits per heavy atom. The van der Waals surface area contributed by atoms with Crippen LogP contribution in [0, 0.1) is 5.82 Å². The van der Waals surface area contributed by atoms with Crippen LogP contribution in [0.25, 0.3) is 0 Å². The van der Waals surface area contributed by atoms with Crippen molar-refractivity contribution < 1.29 is 23.6 Å². The number of carbonyl (C=O) groups is 4. The SMILES string of the molecule is C[C@@H]1C(=O)N(CC(=O)Nc2ccc(N3CCCC3=O)cc2)C(=O)N1c1ccc(F)cc1. The van der Waals surface area contributed by atoms with Crippen LogP contribution in [0.2, 0.25) is 0 Å². The van der Waals surface area contributed by atoms with E-state index in [-0.39, 0.29) is 5.91 Å². The normalized spacial score (nSPS) is 18.8. The van der Waals surface area contributed by atoms with E-state index < -0.39 is 36.2 Å². The minimum Gasteiger partial charge on any atom is -0.325 e. The van der Waals surface area contributed by atoms with E-state index in [1.807, 2.05) is 0 Å². The number of anilines is 3. The molecule has 1 atom stereocenters. The summed E-state index contributed by atoms with van der Waals surface area (Å²) in [6, 6.07) is 10.6. The van der Waals surface area contributed by atoms with E-state index >= 15 is 0 Å². The van der Waals surface area contributed by atoms with Crippen molar-refractivity contribution >= 4 is 40.8 Å². The van der Waals surface area contributed by atoms with Gasteiger partial charge in [0, 0.05) is 30.0 Å². The first-order valence-corrected chi connectivity index (χ1v) is 9.95. The van der Waals surface area contributed by atoms with Crippen LogP contribution < -0.4 is 15.1 Å². The van der Waals surface area contributed by atoms with E-state index in [4.69, 9.17) is 0 Å². The van der Waals surface area contributed by atoms with Gasteiger partial charge in [-0.3, -0.25) is 24.2 Å². The third-order valence-electron chi connectivity index (χ3n) is 5.39. The molecule has 2 fully saturated rings. The number of rotatable bonds is 5. The van der Waals surface area contributed by atoms with Crippen molar-refractivity contribution in [3.8, 4) is 0 Å². The number of imide groups is 1. The number of halogens is 1. The van der Waals surface area contributed by atoms with Crippen molar-refractivity contribution in [1.29, 1.82) is 0 Å². The van der Waals surface area contributed by atoms with E-state index in [0.717, 1.165) is 17.0 Å². The number of carbonyl (C=O) groups excluding carboxylic acids is 4. The Morgan fingerprint density at radius 3 is 2.29 bits per heavy atom. The molecule has 0 radical (unpaired) electrons. The fourth-order valence-electron chi connectivity index (χ4n) is 3.80. The molecule has 31 heavy (non-hydrogen) atoms. The molecule has 4 rings (SSSR count). The third-order valence-corrected chi connectivity index (χ3v) is 5.39. The highest BCUT2D eigenvalue weighted by atomic mass is 19.1. The second-order valence-corrected chi connectivity index (χ2v) is 7.47. The third kappa shape index (κ3) is 3.98. The molecule has 0 unspecified atom stereocenters. The van der Waals surface area contributed by atoms with Crippen molar-refractivity contribution in [2.45, 2.75) is 25.8 Å². The van der Waals surface area contributed by atoms with Crippen LogP contribution in [0.1, 0.15) is 19.8 Å². The first-order valence-electron chi connectivity index (χ1n) is 9.95. The molecular weight excluding hydrogens is 403 g/mol. The average molecular weight is 424 g/mol. The van der Waals surface area contributed by atoms with Crippen LogP contribution in [0.4, 0.5) is 26.2 Å². The van der Waals surface area contributed by atoms with Crippen LogP contribution in [0.15, 0.2) is 48.5 Å². The standard InChI is InChI=1S/C22H21FN4O4/c1-14-21(30)26(22(31)27(14)18-8-4-15(23)5-9-18)13-19(28)24-16-6-10-17(11-7-16)25-12-2-3-20(25)29/h4-11,14H,2-3,12-13H2,1H3,(H,24,28)/t14-/m1/s1. The second-order valence-electron chi connectivity index (χ2n) is 7.47. The van der Waals surface area contributed by atoms with Gasteiger partial charge in [-0.1, -0.05) is 0 Å². The maximum Gasteiger partial charge on any atom is 0.332 e. The zero-order valence-electron chi connectivity index (χ0n) is 16.9. The molecule has 0 spiro atoms. The minimum absolute atomic E-state index is 0.0719. The summed E-state index contributed by atoms with van der Waals surface area (Å²) in [6.07, 6.45) is 1.35. The number of benzene rings is 2. The van der Waals surface area contributed by atoms with Crippen molar-refractivity contribution in [3.05, 3.63) is 54.3 Å². The number of amides is 5. The van der Waals surface area contributed by atoms with Gasteiger partial charge in [0.2, 0.25) is 11.8 Å². The molecule has 0 saturated carbocycles. The lowest BCUT2D eigenvalue weighted by atomic mass is 10.2. The Morgan fingerprint density at radius 2 is 1.68 bits per heavy atom. The first kappa shape index (κ1) is 20.5. The summed E-state index contributed by atoms with van der Waals surface area (Å²) in [4.78, 5) is 53.4. The summed E-state index contributed by atoms with van der Waals surface area (Å²) in [5.74, 6) is -1.42. The molecule has 9 heteroatoms. The smallest absolute Gasteiger partial charge is 0.325 e. The minimum atomic E-state index is -0.803. The topological polar surface area (TPSA) is 90.0 Å². The second kappa shape index (κ2) is 8.17. The van der Waals surface area contributed by atoms with Gasteiger partial charge < -0.3 is 10.2 Å². The highest BCUT2D eigenvalue weighted by Crippen LogP contribution is 2.26. The van der Waals surface area contributed by atoms with Gasteiger partial charge in [-0.15, -0.1) is 0 Å². The van der Waals surface area contributed by atoms with Gasteiger partial charge in [0.05, 0.1) is 0 Å². The predicted octanol–water partition coefficient (Wildman–Crippen LogP) is 2.75. The first-order chi connectivity index (χ1) is 14.8. The summed E-state index contributed by atoms with van der Waals surface area (Å²) in [6.45, 7) is 1.79. The van der Waals surface area contributed by atoms with Gasteiger partial charge in [-0.2, -0.15) is 0 Å². The van der Waals surface area contributed by atoms with Gasteiger partial charge in [0.25, 0.3) is 5.91 Å². The molecule has 160 valence electrons. The summed E-state index contributed by atoms with van der Waals surface area (Å²) in [5.41, 5.74) is 1.62. The van der Waals surface area contributed by atoms with Crippen molar-refractivity contribution in [2.24, 2.45) is 0 Å². The maximum absolute atomic E-state index is 13.2. The molecule has 2 aliphatic heterocycles. The van der Waals surface area contributed by atoms with Gasteiger partial charge in [-0.25, -0.2) is 9.18 Å². The van der Waals surface area contributed by atoms with Gasteiger partial charge in [0.1, 0.15) is 18.4 Å². The van der Waals surface area contributed by atoms with E-state index in [0.29, 0.717) is 24.3 Å².